The van der Waals surface area contributed by atoms with E-state index in [0.29, 0.717) is 5.75 Å². The van der Waals surface area contributed by atoms with Gasteiger partial charge in [-0.2, -0.15) is 0 Å². The Morgan fingerprint density at radius 1 is 1.06 bits per heavy atom. The Kier molecular flexibility index (Phi) is 6.14. The molecule has 0 heterocycles. The number of unbranched alkanes of at least 4 members (excludes halogenated alkanes) is 4. The molecule has 0 aliphatic heterocycles. The summed E-state index contributed by atoms with van der Waals surface area (Å²) in [5.41, 5.74) is 0.937. The van der Waals surface area contributed by atoms with E-state index in [1.807, 2.05) is 0 Å². The zero-order valence-corrected chi connectivity index (χ0v) is 11.5. The Labute approximate surface area is 109 Å². The second-order valence-electron chi connectivity index (χ2n) is 4.10. The fourth-order valence-electron chi connectivity index (χ4n) is 1.77. The highest BCUT2D eigenvalue weighted by Crippen LogP contribution is 2.31. The third-order valence-corrected chi connectivity index (χ3v) is 3.83. The molecule has 0 spiro atoms. The molecule has 1 N–H and O–H groups in total. The number of phenolic OH excluding ortho intramolecular Hbond substituents is 1. The van der Waals surface area contributed by atoms with Crippen molar-refractivity contribution in [2.24, 2.45) is 0 Å². The van der Waals surface area contributed by atoms with Gasteiger partial charge in [0.05, 0.1) is 0 Å². The first-order valence-corrected chi connectivity index (χ1v) is 6.79. The summed E-state index contributed by atoms with van der Waals surface area (Å²) in [5.74, 6) is 0.346. The van der Waals surface area contributed by atoms with Crippen LogP contribution in [-0.2, 0) is 6.42 Å². The number of benzene rings is 1. The van der Waals surface area contributed by atoms with Crippen LogP contribution in [-0.4, -0.2) is 5.11 Å². The van der Waals surface area contributed by atoms with Crippen molar-refractivity contribution >= 4 is 25.3 Å². The molecule has 0 radical (unpaired) electrons. The maximum Gasteiger partial charge on any atom is 0.119 e. The Hall–Kier alpha value is -0.280. The minimum atomic E-state index is 0.346. The van der Waals surface area contributed by atoms with Gasteiger partial charge in [0.15, 0.2) is 0 Å². The number of hydrogen-bond donors (Lipinski definition) is 3. The molecule has 0 atom stereocenters. The van der Waals surface area contributed by atoms with E-state index in [0.717, 1.165) is 28.2 Å². The van der Waals surface area contributed by atoms with Gasteiger partial charge in [-0.05, 0) is 25.0 Å². The molecule has 0 saturated heterocycles. The van der Waals surface area contributed by atoms with Gasteiger partial charge in [0.1, 0.15) is 5.75 Å². The van der Waals surface area contributed by atoms with Crippen LogP contribution in [0.1, 0.15) is 44.6 Å². The van der Waals surface area contributed by atoms with E-state index in [1.165, 1.54) is 25.7 Å². The van der Waals surface area contributed by atoms with E-state index >= 15 is 0 Å². The van der Waals surface area contributed by atoms with Gasteiger partial charge in [0.2, 0.25) is 0 Å². The van der Waals surface area contributed by atoms with E-state index < -0.39 is 0 Å². The fraction of sp³-hybridized carbons (Fsp3) is 0.538. The molecular weight excluding hydrogens is 236 g/mol. The molecule has 1 nitrogen and oxygen atoms in total. The number of thiol groups is 2. The van der Waals surface area contributed by atoms with Crippen molar-refractivity contribution in [3.8, 4) is 5.75 Å². The van der Waals surface area contributed by atoms with Gasteiger partial charge < -0.3 is 5.11 Å². The first kappa shape index (κ1) is 13.8. The van der Waals surface area contributed by atoms with Crippen molar-refractivity contribution in [2.45, 2.75) is 55.2 Å². The number of aromatic hydroxyl groups is 1. The van der Waals surface area contributed by atoms with Crippen molar-refractivity contribution in [2.75, 3.05) is 0 Å². The summed E-state index contributed by atoms with van der Waals surface area (Å²) in [6, 6.07) is 3.48. The fourth-order valence-corrected chi connectivity index (χ4v) is 2.28. The summed E-state index contributed by atoms with van der Waals surface area (Å²) in [7, 11) is 0. The lowest BCUT2D eigenvalue weighted by atomic mass is 10.0. The summed E-state index contributed by atoms with van der Waals surface area (Å²) < 4.78 is 0. The van der Waals surface area contributed by atoms with Crippen LogP contribution in [0.25, 0.3) is 0 Å². The first-order chi connectivity index (χ1) is 7.66. The third-order valence-electron chi connectivity index (χ3n) is 2.77. The van der Waals surface area contributed by atoms with Gasteiger partial charge in [0, 0.05) is 15.4 Å². The average Bonchev–Trinajstić information content (AvgIpc) is 2.28. The average molecular weight is 256 g/mol. The molecule has 0 fully saturated rings. The zero-order chi connectivity index (χ0) is 12.0. The van der Waals surface area contributed by atoms with Crippen LogP contribution in [0.4, 0.5) is 0 Å². The molecule has 0 amide bonds. The second kappa shape index (κ2) is 7.13. The first-order valence-electron chi connectivity index (χ1n) is 5.89. The van der Waals surface area contributed by atoms with Gasteiger partial charge in [-0.25, -0.2) is 0 Å². The van der Waals surface area contributed by atoms with Crippen LogP contribution in [0.15, 0.2) is 21.9 Å². The normalized spacial score (nSPS) is 10.7. The monoisotopic (exact) mass is 256 g/mol. The summed E-state index contributed by atoms with van der Waals surface area (Å²) in [6.45, 7) is 2.21. The molecule has 0 unspecified atom stereocenters. The molecule has 0 aliphatic carbocycles. The SMILES string of the molecule is CCCCCCCc1c(O)ccc(S)c1S. The maximum atomic E-state index is 9.74. The molecular formula is C13H20OS2. The van der Waals surface area contributed by atoms with E-state index in [9.17, 15) is 5.11 Å². The van der Waals surface area contributed by atoms with Crippen LogP contribution in [0.2, 0.25) is 0 Å². The van der Waals surface area contributed by atoms with Crippen molar-refractivity contribution in [1.29, 1.82) is 0 Å². The summed E-state index contributed by atoms with van der Waals surface area (Å²) >= 11 is 8.69. The third kappa shape index (κ3) is 3.95. The van der Waals surface area contributed by atoms with Crippen LogP contribution >= 0.6 is 25.3 Å². The Morgan fingerprint density at radius 2 is 1.75 bits per heavy atom. The number of rotatable bonds is 6. The lowest BCUT2D eigenvalue weighted by Crippen LogP contribution is -1.90. The highest BCUT2D eigenvalue weighted by atomic mass is 32.1. The van der Waals surface area contributed by atoms with Gasteiger partial charge in [-0.3, -0.25) is 0 Å². The Bertz CT molecular complexity index is 337. The minimum absolute atomic E-state index is 0.346. The largest absolute Gasteiger partial charge is 0.508 e. The molecule has 1 rings (SSSR count). The molecule has 3 heteroatoms. The van der Waals surface area contributed by atoms with E-state index in [1.54, 1.807) is 12.1 Å². The van der Waals surface area contributed by atoms with Crippen LogP contribution < -0.4 is 0 Å². The van der Waals surface area contributed by atoms with Crippen LogP contribution in [0.3, 0.4) is 0 Å². The predicted molar refractivity (Wildman–Crippen MR) is 75.1 cm³/mol. The van der Waals surface area contributed by atoms with Crippen molar-refractivity contribution in [3.05, 3.63) is 17.7 Å². The number of phenols is 1. The molecule has 0 aliphatic rings. The molecule has 0 aromatic heterocycles. The lowest BCUT2D eigenvalue weighted by Gasteiger charge is -2.09. The summed E-state index contributed by atoms with van der Waals surface area (Å²) in [6.07, 6.45) is 7.06. The molecule has 1 aromatic rings. The van der Waals surface area contributed by atoms with Gasteiger partial charge in [-0.15, -0.1) is 25.3 Å². The summed E-state index contributed by atoms with van der Waals surface area (Å²) in [5, 5.41) is 9.74. The number of hydrogen-bond acceptors (Lipinski definition) is 3. The van der Waals surface area contributed by atoms with Gasteiger partial charge in [-0.1, -0.05) is 32.6 Å². The topological polar surface area (TPSA) is 20.2 Å². The quantitative estimate of drug-likeness (QED) is 0.506. The van der Waals surface area contributed by atoms with Crippen LogP contribution in [0, 0.1) is 0 Å². The van der Waals surface area contributed by atoms with Crippen molar-refractivity contribution in [1.82, 2.24) is 0 Å². The highest BCUT2D eigenvalue weighted by Gasteiger charge is 2.07. The molecule has 16 heavy (non-hydrogen) atoms. The second-order valence-corrected chi connectivity index (χ2v) is 5.02. The van der Waals surface area contributed by atoms with Gasteiger partial charge >= 0.3 is 0 Å². The molecule has 0 saturated carbocycles. The molecule has 90 valence electrons. The predicted octanol–water partition coefficient (Wildman–Crippen LogP) is 4.48. The lowest BCUT2D eigenvalue weighted by molar-refractivity contribution is 0.462. The van der Waals surface area contributed by atoms with Crippen molar-refractivity contribution < 1.29 is 5.11 Å². The van der Waals surface area contributed by atoms with Gasteiger partial charge in [0.25, 0.3) is 0 Å². The van der Waals surface area contributed by atoms with Crippen molar-refractivity contribution in [3.63, 3.8) is 0 Å². The van der Waals surface area contributed by atoms with E-state index in [-0.39, 0.29) is 0 Å². The molecule has 1 aromatic carbocycles. The van der Waals surface area contributed by atoms with Crippen LogP contribution in [0.5, 0.6) is 5.75 Å². The Balaban J connectivity index is 2.50. The molecule has 0 bridgehead atoms. The standard InChI is InChI=1S/C13H20OS2/c1-2-3-4-5-6-7-10-11(14)8-9-12(15)13(10)16/h8-9,14-16H,2-7H2,1H3. The smallest absolute Gasteiger partial charge is 0.119 e. The zero-order valence-electron chi connectivity index (χ0n) is 9.74. The maximum absolute atomic E-state index is 9.74. The van der Waals surface area contributed by atoms with E-state index in [4.69, 9.17) is 0 Å². The highest BCUT2D eigenvalue weighted by molar-refractivity contribution is 7.83. The minimum Gasteiger partial charge on any atom is -0.508 e. The Morgan fingerprint density at radius 3 is 2.44 bits per heavy atom. The summed E-state index contributed by atoms with van der Waals surface area (Å²) in [4.78, 5) is 1.66. The van der Waals surface area contributed by atoms with E-state index in [2.05, 4.69) is 32.2 Å².